The van der Waals surface area contributed by atoms with E-state index in [4.69, 9.17) is 24.7 Å². The first-order valence-corrected chi connectivity index (χ1v) is 6.40. The fourth-order valence-corrected chi connectivity index (χ4v) is 1.12. The summed E-state index contributed by atoms with van der Waals surface area (Å²) in [6, 6.07) is 0. The van der Waals surface area contributed by atoms with Crippen LogP contribution in [0.3, 0.4) is 0 Å². The van der Waals surface area contributed by atoms with Crippen molar-refractivity contribution in [2.45, 2.75) is 19.8 Å². The van der Waals surface area contributed by atoms with Crippen LogP contribution in [0, 0.1) is 0 Å². The molecule has 0 aliphatic rings. The Morgan fingerprint density at radius 1 is 0.889 bits per heavy atom. The van der Waals surface area contributed by atoms with E-state index >= 15 is 0 Å². The second-order valence-corrected chi connectivity index (χ2v) is 3.60. The molecule has 0 bridgehead atoms. The predicted octanol–water partition coefficient (Wildman–Crippen LogP) is 0.338. The van der Waals surface area contributed by atoms with Crippen molar-refractivity contribution in [2.75, 3.05) is 52.8 Å². The molecule has 6 nitrogen and oxygen atoms in total. The van der Waals surface area contributed by atoms with Crippen molar-refractivity contribution in [3.63, 3.8) is 0 Å². The van der Waals surface area contributed by atoms with Gasteiger partial charge < -0.3 is 24.7 Å². The van der Waals surface area contributed by atoms with Gasteiger partial charge in [-0.15, -0.1) is 0 Å². The average molecular weight is 263 g/mol. The molecule has 0 heterocycles. The van der Waals surface area contributed by atoms with Crippen LogP contribution in [0.4, 0.5) is 0 Å². The van der Waals surface area contributed by atoms with Crippen LogP contribution in [-0.4, -0.2) is 58.8 Å². The maximum Gasteiger partial charge on any atom is 0.305 e. The fourth-order valence-electron chi connectivity index (χ4n) is 1.12. The number of hydrogen-bond donors (Lipinski definition) is 1. The van der Waals surface area contributed by atoms with Crippen molar-refractivity contribution < 1.29 is 23.7 Å². The first kappa shape index (κ1) is 17.3. The molecule has 0 saturated heterocycles. The number of carbonyl (C=O) groups is 1. The minimum absolute atomic E-state index is 0.172. The number of rotatable bonds is 13. The molecule has 6 heteroatoms. The van der Waals surface area contributed by atoms with Crippen molar-refractivity contribution in [1.29, 1.82) is 0 Å². The number of nitrogens with two attached hydrogens (primary N) is 1. The molecule has 0 aliphatic heterocycles. The maximum absolute atomic E-state index is 11.0. The fraction of sp³-hybridized carbons (Fsp3) is 0.917. The first-order valence-electron chi connectivity index (χ1n) is 6.40. The molecule has 0 fully saturated rings. The maximum atomic E-state index is 11.0. The lowest BCUT2D eigenvalue weighted by molar-refractivity contribution is -0.145. The summed E-state index contributed by atoms with van der Waals surface area (Å²) in [5.74, 6) is -0.172. The summed E-state index contributed by atoms with van der Waals surface area (Å²) in [6.45, 7) is 5.81. The predicted molar refractivity (Wildman–Crippen MR) is 67.4 cm³/mol. The number of carbonyl (C=O) groups excluding carboxylic acids is 1. The second-order valence-electron chi connectivity index (χ2n) is 3.60. The SMILES string of the molecule is CCCC(=O)OCCOCCOCCOCCN. The Hall–Kier alpha value is -0.690. The Kier molecular flexibility index (Phi) is 13.8. The Labute approximate surface area is 109 Å². The zero-order chi connectivity index (χ0) is 13.5. The summed E-state index contributed by atoms with van der Waals surface area (Å²) in [4.78, 5) is 11.0. The van der Waals surface area contributed by atoms with Crippen molar-refractivity contribution >= 4 is 5.97 Å². The average Bonchev–Trinajstić information content (AvgIpc) is 2.36. The van der Waals surface area contributed by atoms with Gasteiger partial charge in [0, 0.05) is 13.0 Å². The minimum atomic E-state index is -0.172. The monoisotopic (exact) mass is 263 g/mol. The highest BCUT2D eigenvalue weighted by Crippen LogP contribution is 1.91. The van der Waals surface area contributed by atoms with Gasteiger partial charge in [-0.2, -0.15) is 0 Å². The molecule has 0 amide bonds. The van der Waals surface area contributed by atoms with Crippen LogP contribution in [0.1, 0.15) is 19.8 Å². The van der Waals surface area contributed by atoms with E-state index in [1.54, 1.807) is 0 Å². The van der Waals surface area contributed by atoms with Crippen LogP contribution in [-0.2, 0) is 23.7 Å². The van der Waals surface area contributed by atoms with Crippen LogP contribution in [0.5, 0.6) is 0 Å². The summed E-state index contributed by atoms with van der Waals surface area (Å²) in [5, 5.41) is 0. The van der Waals surface area contributed by atoms with Gasteiger partial charge in [0.2, 0.25) is 0 Å². The van der Waals surface area contributed by atoms with E-state index in [1.807, 2.05) is 6.92 Å². The molecule has 108 valence electrons. The zero-order valence-corrected chi connectivity index (χ0v) is 11.2. The highest BCUT2D eigenvalue weighted by atomic mass is 16.6. The topological polar surface area (TPSA) is 80.0 Å². The second kappa shape index (κ2) is 14.4. The van der Waals surface area contributed by atoms with Gasteiger partial charge in [0.05, 0.1) is 39.6 Å². The van der Waals surface area contributed by atoms with E-state index in [0.29, 0.717) is 59.2 Å². The summed E-state index contributed by atoms with van der Waals surface area (Å²) >= 11 is 0. The lowest BCUT2D eigenvalue weighted by Crippen LogP contribution is -2.15. The summed E-state index contributed by atoms with van der Waals surface area (Å²) < 4.78 is 20.5. The van der Waals surface area contributed by atoms with Gasteiger partial charge in [0.15, 0.2) is 0 Å². The van der Waals surface area contributed by atoms with Gasteiger partial charge in [-0.1, -0.05) is 6.92 Å². The Morgan fingerprint density at radius 2 is 1.39 bits per heavy atom. The molecule has 0 aromatic heterocycles. The first-order chi connectivity index (χ1) is 8.81. The molecule has 0 atom stereocenters. The summed E-state index contributed by atoms with van der Waals surface area (Å²) in [6.07, 6.45) is 1.27. The molecule has 0 aromatic rings. The van der Waals surface area contributed by atoms with Gasteiger partial charge in [0.25, 0.3) is 0 Å². The minimum Gasteiger partial charge on any atom is -0.463 e. The van der Waals surface area contributed by atoms with Gasteiger partial charge >= 0.3 is 5.97 Å². The molecule has 0 unspecified atom stereocenters. The Bertz CT molecular complexity index is 189. The highest BCUT2D eigenvalue weighted by Gasteiger charge is 1.99. The standard InChI is InChI=1S/C12H25NO5/c1-2-3-12(14)18-11-10-17-9-8-16-7-6-15-5-4-13/h2-11,13H2,1H3. The van der Waals surface area contributed by atoms with Gasteiger partial charge in [-0.25, -0.2) is 0 Å². The quantitative estimate of drug-likeness (QED) is 0.381. The Morgan fingerprint density at radius 3 is 1.89 bits per heavy atom. The largest absolute Gasteiger partial charge is 0.463 e. The lowest BCUT2D eigenvalue weighted by atomic mass is 10.3. The third-order valence-electron chi connectivity index (χ3n) is 1.95. The summed E-state index contributed by atoms with van der Waals surface area (Å²) in [5.41, 5.74) is 5.26. The number of hydrogen-bond acceptors (Lipinski definition) is 6. The molecule has 0 aliphatic carbocycles. The van der Waals surface area contributed by atoms with Crippen molar-refractivity contribution in [2.24, 2.45) is 5.73 Å². The molecule has 0 aromatic carbocycles. The smallest absolute Gasteiger partial charge is 0.305 e. The number of ether oxygens (including phenoxy) is 4. The van der Waals surface area contributed by atoms with Gasteiger partial charge in [-0.3, -0.25) is 4.79 Å². The van der Waals surface area contributed by atoms with Crippen LogP contribution >= 0.6 is 0 Å². The highest BCUT2D eigenvalue weighted by molar-refractivity contribution is 5.69. The lowest BCUT2D eigenvalue weighted by Gasteiger charge is -2.07. The van der Waals surface area contributed by atoms with E-state index in [9.17, 15) is 4.79 Å². The third-order valence-corrected chi connectivity index (χ3v) is 1.95. The van der Waals surface area contributed by atoms with E-state index in [1.165, 1.54) is 0 Å². The summed E-state index contributed by atoms with van der Waals surface area (Å²) in [7, 11) is 0. The molecule has 18 heavy (non-hydrogen) atoms. The van der Waals surface area contributed by atoms with Crippen molar-refractivity contribution in [1.82, 2.24) is 0 Å². The third kappa shape index (κ3) is 13.4. The molecule has 0 spiro atoms. The zero-order valence-electron chi connectivity index (χ0n) is 11.2. The van der Waals surface area contributed by atoms with Gasteiger partial charge in [-0.05, 0) is 6.42 Å². The molecule has 0 radical (unpaired) electrons. The number of esters is 1. The van der Waals surface area contributed by atoms with Gasteiger partial charge in [0.1, 0.15) is 6.61 Å². The van der Waals surface area contributed by atoms with E-state index < -0.39 is 0 Å². The van der Waals surface area contributed by atoms with Crippen LogP contribution < -0.4 is 5.73 Å². The van der Waals surface area contributed by atoms with Crippen LogP contribution in [0.25, 0.3) is 0 Å². The molecule has 0 rings (SSSR count). The van der Waals surface area contributed by atoms with E-state index in [2.05, 4.69) is 0 Å². The van der Waals surface area contributed by atoms with E-state index in [0.717, 1.165) is 6.42 Å². The normalized spacial score (nSPS) is 10.6. The van der Waals surface area contributed by atoms with E-state index in [-0.39, 0.29) is 5.97 Å². The molecular weight excluding hydrogens is 238 g/mol. The van der Waals surface area contributed by atoms with Crippen LogP contribution in [0.15, 0.2) is 0 Å². The van der Waals surface area contributed by atoms with Crippen molar-refractivity contribution in [3.8, 4) is 0 Å². The Balaban J connectivity index is 3.01. The molecule has 0 saturated carbocycles. The molecular formula is C12H25NO5. The molecule has 2 N–H and O–H groups in total. The van der Waals surface area contributed by atoms with Crippen molar-refractivity contribution in [3.05, 3.63) is 0 Å². The van der Waals surface area contributed by atoms with Crippen LogP contribution in [0.2, 0.25) is 0 Å².